The van der Waals surface area contributed by atoms with Crippen LogP contribution in [0.15, 0.2) is 24.3 Å². The SMILES string of the molecule is OCCN(CCO)Cc1cccc(OCCN2CCOCC2)c1. The Bertz CT molecular complexity index is 432. The molecule has 0 radical (unpaired) electrons. The molecule has 1 aromatic rings. The molecule has 23 heavy (non-hydrogen) atoms. The molecule has 6 nitrogen and oxygen atoms in total. The zero-order valence-corrected chi connectivity index (χ0v) is 13.7. The predicted molar refractivity (Wildman–Crippen MR) is 88.6 cm³/mol. The summed E-state index contributed by atoms with van der Waals surface area (Å²) < 4.78 is 11.2. The highest BCUT2D eigenvalue weighted by molar-refractivity contribution is 5.28. The van der Waals surface area contributed by atoms with E-state index in [1.807, 2.05) is 29.2 Å². The van der Waals surface area contributed by atoms with Crippen LogP contribution in [-0.4, -0.2) is 85.8 Å². The molecule has 0 saturated carbocycles. The standard InChI is InChI=1S/C17H28N2O4/c20-9-4-19(5-10-21)15-16-2-1-3-17(14-16)23-13-8-18-6-11-22-12-7-18/h1-3,14,20-21H,4-13,15H2. The lowest BCUT2D eigenvalue weighted by molar-refractivity contribution is 0.0322. The van der Waals surface area contributed by atoms with Gasteiger partial charge in [-0.2, -0.15) is 0 Å². The topological polar surface area (TPSA) is 65.4 Å². The Morgan fingerprint density at radius 3 is 2.57 bits per heavy atom. The maximum absolute atomic E-state index is 9.07. The summed E-state index contributed by atoms with van der Waals surface area (Å²) in [5, 5.41) is 18.1. The normalized spacial score (nSPS) is 16.0. The maximum Gasteiger partial charge on any atom is 0.119 e. The fourth-order valence-corrected chi connectivity index (χ4v) is 2.66. The summed E-state index contributed by atoms with van der Waals surface area (Å²) in [6.45, 7) is 7.14. The average Bonchev–Trinajstić information content (AvgIpc) is 2.57. The van der Waals surface area contributed by atoms with E-state index in [0.717, 1.165) is 44.2 Å². The average molecular weight is 324 g/mol. The van der Waals surface area contributed by atoms with Gasteiger partial charge in [0.25, 0.3) is 0 Å². The second-order valence-corrected chi connectivity index (χ2v) is 5.67. The zero-order chi connectivity index (χ0) is 16.3. The van der Waals surface area contributed by atoms with Crippen molar-refractivity contribution >= 4 is 0 Å². The van der Waals surface area contributed by atoms with Crippen LogP contribution >= 0.6 is 0 Å². The molecule has 0 aliphatic carbocycles. The number of nitrogens with zero attached hydrogens (tertiary/aromatic N) is 2. The van der Waals surface area contributed by atoms with Gasteiger partial charge >= 0.3 is 0 Å². The van der Waals surface area contributed by atoms with Gasteiger partial charge < -0.3 is 19.7 Å². The van der Waals surface area contributed by atoms with E-state index < -0.39 is 0 Å². The highest BCUT2D eigenvalue weighted by Gasteiger charge is 2.10. The molecule has 1 aromatic carbocycles. The molecule has 0 aromatic heterocycles. The van der Waals surface area contributed by atoms with Gasteiger partial charge in [0.2, 0.25) is 0 Å². The number of benzene rings is 1. The fourth-order valence-electron chi connectivity index (χ4n) is 2.66. The molecule has 2 rings (SSSR count). The number of hydrogen-bond donors (Lipinski definition) is 2. The number of aliphatic hydroxyl groups excluding tert-OH is 2. The van der Waals surface area contributed by atoms with E-state index in [2.05, 4.69) is 4.90 Å². The Balaban J connectivity index is 1.78. The predicted octanol–water partition coefficient (Wildman–Crippen LogP) is 0.184. The first-order valence-electron chi connectivity index (χ1n) is 8.27. The largest absolute Gasteiger partial charge is 0.492 e. The summed E-state index contributed by atoms with van der Waals surface area (Å²) in [6, 6.07) is 8.01. The van der Waals surface area contributed by atoms with Crippen LogP contribution in [0, 0.1) is 0 Å². The highest BCUT2D eigenvalue weighted by Crippen LogP contribution is 2.15. The number of hydrogen-bond acceptors (Lipinski definition) is 6. The van der Waals surface area contributed by atoms with E-state index in [-0.39, 0.29) is 13.2 Å². The molecule has 0 unspecified atom stereocenters. The van der Waals surface area contributed by atoms with Gasteiger partial charge in [0.05, 0.1) is 26.4 Å². The molecule has 0 bridgehead atoms. The molecule has 1 fully saturated rings. The van der Waals surface area contributed by atoms with Gasteiger partial charge in [-0.3, -0.25) is 9.80 Å². The van der Waals surface area contributed by atoms with Crippen molar-refractivity contribution in [3.05, 3.63) is 29.8 Å². The molecule has 1 saturated heterocycles. The van der Waals surface area contributed by atoms with Crippen molar-refractivity contribution in [1.82, 2.24) is 9.80 Å². The first-order chi connectivity index (χ1) is 11.3. The third-order valence-corrected chi connectivity index (χ3v) is 3.92. The Morgan fingerprint density at radius 1 is 1.13 bits per heavy atom. The van der Waals surface area contributed by atoms with Gasteiger partial charge in [-0.05, 0) is 17.7 Å². The van der Waals surface area contributed by atoms with Crippen LogP contribution in [0.4, 0.5) is 0 Å². The van der Waals surface area contributed by atoms with Crippen molar-refractivity contribution in [3.8, 4) is 5.75 Å². The van der Waals surface area contributed by atoms with Gasteiger partial charge in [0.15, 0.2) is 0 Å². The minimum absolute atomic E-state index is 0.0930. The molecule has 0 spiro atoms. The van der Waals surface area contributed by atoms with Gasteiger partial charge in [0, 0.05) is 39.3 Å². The smallest absolute Gasteiger partial charge is 0.119 e. The second-order valence-electron chi connectivity index (χ2n) is 5.67. The van der Waals surface area contributed by atoms with Crippen LogP contribution in [0.3, 0.4) is 0 Å². The Morgan fingerprint density at radius 2 is 1.87 bits per heavy atom. The molecule has 6 heteroatoms. The minimum Gasteiger partial charge on any atom is -0.492 e. The molecular weight excluding hydrogens is 296 g/mol. The molecule has 1 aliphatic heterocycles. The molecule has 1 aliphatic rings. The van der Waals surface area contributed by atoms with Crippen molar-refractivity contribution in [2.45, 2.75) is 6.54 Å². The summed E-state index contributed by atoms with van der Waals surface area (Å²) in [4.78, 5) is 4.37. The first kappa shape index (κ1) is 18.2. The summed E-state index contributed by atoms with van der Waals surface area (Å²) in [5.74, 6) is 0.865. The van der Waals surface area contributed by atoms with E-state index in [4.69, 9.17) is 19.7 Å². The van der Waals surface area contributed by atoms with Crippen molar-refractivity contribution in [2.24, 2.45) is 0 Å². The van der Waals surface area contributed by atoms with Gasteiger partial charge in [-0.15, -0.1) is 0 Å². The van der Waals surface area contributed by atoms with E-state index in [1.54, 1.807) is 0 Å². The quantitative estimate of drug-likeness (QED) is 0.640. The van der Waals surface area contributed by atoms with E-state index in [9.17, 15) is 0 Å². The van der Waals surface area contributed by atoms with Crippen LogP contribution < -0.4 is 4.74 Å². The first-order valence-corrected chi connectivity index (χ1v) is 8.27. The van der Waals surface area contributed by atoms with Crippen LogP contribution in [-0.2, 0) is 11.3 Å². The van der Waals surface area contributed by atoms with Crippen LogP contribution in [0.1, 0.15) is 5.56 Å². The number of morpholine rings is 1. The van der Waals surface area contributed by atoms with Crippen LogP contribution in [0.2, 0.25) is 0 Å². The Hall–Kier alpha value is -1.18. The third-order valence-electron chi connectivity index (χ3n) is 3.92. The lowest BCUT2D eigenvalue weighted by atomic mass is 10.2. The summed E-state index contributed by atoms with van der Waals surface area (Å²) in [7, 11) is 0. The fraction of sp³-hybridized carbons (Fsp3) is 0.647. The van der Waals surface area contributed by atoms with Crippen LogP contribution in [0.25, 0.3) is 0 Å². The highest BCUT2D eigenvalue weighted by atomic mass is 16.5. The molecular formula is C17H28N2O4. The lowest BCUT2D eigenvalue weighted by Gasteiger charge is -2.26. The molecule has 0 amide bonds. The van der Waals surface area contributed by atoms with E-state index in [1.165, 1.54) is 0 Å². The van der Waals surface area contributed by atoms with Crippen molar-refractivity contribution in [1.29, 1.82) is 0 Å². The number of aliphatic hydroxyl groups is 2. The third kappa shape index (κ3) is 6.85. The second kappa shape index (κ2) is 10.6. The van der Waals surface area contributed by atoms with Crippen molar-refractivity contribution in [3.63, 3.8) is 0 Å². The minimum atomic E-state index is 0.0930. The van der Waals surface area contributed by atoms with Gasteiger partial charge in [-0.1, -0.05) is 12.1 Å². The lowest BCUT2D eigenvalue weighted by Crippen LogP contribution is -2.38. The summed E-state index contributed by atoms with van der Waals surface area (Å²) in [6.07, 6.45) is 0. The Labute approximate surface area is 138 Å². The molecule has 2 N–H and O–H groups in total. The summed E-state index contributed by atoms with van der Waals surface area (Å²) >= 11 is 0. The number of ether oxygens (including phenoxy) is 2. The number of rotatable bonds is 10. The van der Waals surface area contributed by atoms with Crippen LogP contribution in [0.5, 0.6) is 5.75 Å². The van der Waals surface area contributed by atoms with Crippen molar-refractivity contribution in [2.75, 3.05) is 65.8 Å². The summed E-state index contributed by atoms with van der Waals surface area (Å²) in [5.41, 5.74) is 1.12. The maximum atomic E-state index is 9.07. The monoisotopic (exact) mass is 324 g/mol. The van der Waals surface area contributed by atoms with Crippen molar-refractivity contribution < 1.29 is 19.7 Å². The van der Waals surface area contributed by atoms with E-state index in [0.29, 0.717) is 26.2 Å². The molecule has 1 heterocycles. The molecule has 0 atom stereocenters. The van der Waals surface area contributed by atoms with E-state index >= 15 is 0 Å². The van der Waals surface area contributed by atoms with Gasteiger partial charge in [0.1, 0.15) is 12.4 Å². The zero-order valence-electron chi connectivity index (χ0n) is 13.7. The molecule has 130 valence electrons. The Kier molecular flexibility index (Phi) is 8.35. The van der Waals surface area contributed by atoms with Gasteiger partial charge in [-0.25, -0.2) is 0 Å².